The second kappa shape index (κ2) is 10.4. The van der Waals surface area contributed by atoms with Crippen LogP contribution in [0.25, 0.3) is 10.5 Å². The lowest BCUT2D eigenvalue weighted by atomic mass is 10.2. The maximum absolute atomic E-state index is 13.2. The van der Waals surface area contributed by atoms with Crippen LogP contribution in [0.1, 0.15) is 6.92 Å². The van der Waals surface area contributed by atoms with Crippen molar-refractivity contribution in [2.45, 2.75) is 6.92 Å². The predicted molar refractivity (Wildman–Crippen MR) is 115 cm³/mol. The number of carbonyl (C=O) groups excluding carboxylic acids is 1. The van der Waals surface area contributed by atoms with Crippen molar-refractivity contribution in [3.63, 3.8) is 0 Å². The minimum absolute atomic E-state index is 0.126. The summed E-state index contributed by atoms with van der Waals surface area (Å²) >= 11 is 0. The minimum Gasteiger partial charge on any atom is -0.380 e. The summed E-state index contributed by atoms with van der Waals surface area (Å²) in [4.78, 5) is 32.1. The fraction of sp³-hybridized carbons (Fsp3) is 0.429. The van der Waals surface area contributed by atoms with Crippen LogP contribution in [0, 0.1) is 6.57 Å². The molecule has 0 spiro atoms. The summed E-state index contributed by atoms with van der Waals surface area (Å²) in [7, 11) is 0. The molecule has 2 heterocycles. The van der Waals surface area contributed by atoms with Gasteiger partial charge in [0, 0.05) is 39.3 Å². The zero-order valence-electron chi connectivity index (χ0n) is 17.1. The van der Waals surface area contributed by atoms with Crippen molar-refractivity contribution >= 4 is 17.3 Å². The standard InChI is InChI=1S/C21H26N6O3/c1-3-30-14-9-23-20-18(25-10-12-26(13-11-25)19(28)16-22-2)15-24-27(21(20)29)17-7-5-4-6-8-17/h4-8,15,23H,3,9-14,16H2,1H3. The summed E-state index contributed by atoms with van der Waals surface area (Å²) in [5.41, 5.74) is 1.63. The maximum Gasteiger partial charge on any atom is 0.302 e. The summed E-state index contributed by atoms with van der Waals surface area (Å²) in [5.74, 6) is -0.155. The van der Waals surface area contributed by atoms with Crippen LogP contribution in [-0.4, -0.2) is 73.1 Å². The van der Waals surface area contributed by atoms with Gasteiger partial charge in [0.05, 0.1) is 24.2 Å². The molecule has 1 fully saturated rings. The lowest BCUT2D eigenvalue weighted by Gasteiger charge is -2.36. The van der Waals surface area contributed by atoms with E-state index < -0.39 is 0 Å². The van der Waals surface area contributed by atoms with Crippen molar-refractivity contribution in [1.29, 1.82) is 0 Å². The number of nitrogens with one attached hydrogen (secondary N) is 1. The molecule has 3 rings (SSSR count). The molecule has 2 aromatic rings. The van der Waals surface area contributed by atoms with Crippen LogP contribution >= 0.6 is 0 Å². The Labute approximate surface area is 175 Å². The first-order chi connectivity index (χ1) is 14.7. The quantitative estimate of drug-likeness (QED) is 0.521. The molecular formula is C21H26N6O3. The molecule has 30 heavy (non-hydrogen) atoms. The largest absolute Gasteiger partial charge is 0.380 e. The summed E-state index contributed by atoms with van der Waals surface area (Å²) in [6.07, 6.45) is 1.69. The number of aromatic nitrogens is 2. The molecule has 0 bridgehead atoms. The van der Waals surface area contributed by atoms with Crippen molar-refractivity contribution < 1.29 is 9.53 Å². The Morgan fingerprint density at radius 2 is 1.97 bits per heavy atom. The van der Waals surface area contributed by atoms with Crippen LogP contribution in [0.5, 0.6) is 0 Å². The van der Waals surface area contributed by atoms with E-state index >= 15 is 0 Å². The fourth-order valence-electron chi connectivity index (χ4n) is 3.36. The molecule has 9 heteroatoms. The average Bonchev–Trinajstić information content (AvgIpc) is 2.78. The van der Waals surface area contributed by atoms with Crippen molar-refractivity contribution in [3.05, 3.63) is 58.3 Å². The van der Waals surface area contributed by atoms with Crippen molar-refractivity contribution in [2.75, 3.05) is 62.7 Å². The van der Waals surface area contributed by atoms with Gasteiger partial charge in [-0.05, 0) is 19.1 Å². The highest BCUT2D eigenvalue weighted by atomic mass is 16.5. The number of carbonyl (C=O) groups is 1. The predicted octanol–water partition coefficient (Wildman–Crippen LogP) is 1.25. The Hall–Kier alpha value is -3.38. The van der Waals surface area contributed by atoms with E-state index in [1.165, 1.54) is 4.68 Å². The number of hydrogen-bond acceptors (Lipinski definition) is 6. The van der Waals surface area contributed by atoms with Crippen LogP contribution in [0.15, 0.2) is 41.3 Å². The third-order valence-electron chi connectivity index (χ3n) is 4.90. The van der Waals surface area contributed by atoms with Crippen LogP contribution < -0.4 is 15.8 Å². The SMILES string of the molecule is [C-]#[N+]CC(=O)N1CCN(c2cnn(-c3ccccc3)c(=O)c2NCCOCC)CC1. The number of amides is 1. The van der Waals surface area contributed by atoms with Crippen molar-refractivity contribution in [1.82, 2.24) is 14.7 Å². The van der Waals surface area contributed by atoms with Crippen LogP contribution in [0.3, 0.4) is 0 Å². The van der Waals surface area contributed by atoms with E-state index in [2.05, 4.69) is 15.3 Å². The summed E-state index contributed by atoms with van der Waals surface area (Å²) in [6, 6.07) is 9.27. The average molecular weight is 410 g/mol. The highest BCUT2D eigenvalue weighted by Crippen LogP contribution is 2.23. The highest BCUT2D eigenvalue weighted by molar-refractivity contribution is 5.80. The Kier molecular flexibility index (Phi) is 7.40. The van der Waals surface area contributed by atoms with Gasteiger partial charge in [0.15, 0.2) is 0 Å². The molecule has 1 aromatic heterocycles. The molecule has 0 unspecified atom stereocenters. The molecule has 158 valence electrons. The molecule has 0 aliphatic carbocycles. The zero-order valence-corrected chi connectivity index (χ0v) is 17.1. The Balaban J connectivity index is 1.84. The highest BCUT2D eigenvalue weighted by Gasteiger charge is 2.25. The van der Waals surface area contributed by atoms with Crippen LogP contribution in [0.4, 0.5) is 11.4 Å². The third-order valence-corrected chi connectivity index (χ3v) is 4.90. The smallest absolute Gasteiger partial charge is 0.302 e. The Morgan fingerprint density at radius 3 is 2.63 bits per heavy atom. The van der Waals surface area contributed by atoms with Gasteiger partial charge in [-0.1, -0.05) is 18.2 Å². The van der Waals surface area contributed by atoms with Gasteiger partial charge in [-0.3, -0.25) is 9.59 Å². The second-order valence-electron chi connectivity index (χ2n) is 6.77. The first-order valence-electron chi connectivity index (χ1n) is 10.0. The molecule has 1 aromatic carbocycles. The second-order valence-corrected chi connectivity index (χ2v) is 6.77. The molecule has 1 saturated heterocycles. The van der Waals surface area contributed by atoms with Gasteiger partial charge >= 0.3 is 5.91 Å². The lowest BCUT2D eigenvalue weighted by Crippen LogP contribution is -2.50. The van der Waals surface area contributed by atoms with E-state index in [1.54, 1.807) is 11.1 Å². The summed E-state index contributed by atoms with van der Waals surface area (Å²) in [5, 5.41) is 7.60. The molecule has 1 aliphatic heterocycles. The zero-order chi connectivity index (χ0) is 21.3. The Morgan fingerprint density at radius 1 is 1.23 bits per heavy atom. The van der Waals surface area contributed by atoms with E-state index in [0.29, 0.717) is 63.0 Å². The minimum atomic E-state index is -0.235. The van der Waals surface area contributed by atoms with E-state index in [-0.39, 0.29) is 18.0 Å². The van der Waals surface area contributed by atoms with Gasteiger partial charge < -0.3 is 24.7 Å². The fourth-order valence-corrected chi connectivity index (χ4v) is 3.36. The first kappa shape index (κ1) is 21.3. The summed E-state index contributed by atoms with van der Waals surface area (Å²) in [6.45, 7) is 12.4. The monoisotopic (exact) mass is 410 g/mol. The van der Waals surface area contributed by atoms with Gasteiger partial charge in [-0.2, -0.15) is 9.78 Å². The van der Waals surface area contributed by atoms with Gasteiger partial charge in [0.25, 0.3) is 12.1 Å². The summed E-state index contributed by atoms with van der Waals surface area (Å²) < 4.78 is 6.77. The molecule has 0 atom stereocenters. The number of rotatable bonds is 8. The van der Waals surface area contributed by atoms with E-state index in [0.717, 1.165) is 0 Å². The lowest BCUT2D eigenvalue weighted by molar-refractivity contribution is -0.129. The number of ether oxygens (including phenoxy) is 1. The normalized spacial score (nSPS) is 13.7. The first-order valence-corrected chi connectivity index (χ1v) is 10.0. The number of nitrogens with zero attached hydrogens (tertiary/aromatic N) is 5. The van der Waals surface area contributed by atoms with E-state index in [4.69, 9.17) is 11.3 Å². The van der Waals surface area contributed by atoms with E-state index in [1.807, 2.05) is 42.2 Å². The Bertz CT molecular complexity index is 945. The molecule has 1 amide bonds. The molecule has 9 nitrogen and oxygen atoms in total. The topological polar surface area (TPSA) is 84.1 Å². The number of para-hydroxylation sites is 1. The number of anilines is 2. The third kappa shape index (κ3) is 4.96. The molecule has 1 aliphatic rings. The molecule has 0 radical (unpaired) electrons. The van der Waals surface area contributed by atoms with Gasteiger partial charge in [0.2, 0.25) is 0 Å². The maximum atomic E-state index is 13.2. The number of piperazine rings is 1. The van der Waals surface area contributed by atoms with Crippen LogP contribution in [0.2, 0.25) is 0 Å². The van der Waals surface area contributed by atoms with E-state index in [9.17, 15) is 9.59 Å². The van der Waals surface area contributed by atoms with Gasteiger partial charge in [0.1, 0.15) is 5.69 Å². The number of hydrogen-bond donors (Lipinski definition) is 1. The van der Waals surface area contributed by atoms with Crippen molar-refractivity contribution in [3.8, 4) is 5.69 Å². The van der Waals surface area contributed by atoms with Gasteiger partial charge in [-0.25, -0.2) is 6.57 Å². The molecular weight excluding hydrogens is 384 g/mol. The van der Waals surface area contributed by atoms with Crippen molar-refractivity contribution in [2.24, 2.45) is 0 Å². The van der Waals surface area contributed by atoms with Crippen LogP contribution in [-0.2, 0) is 9.53 Å². The molecule has 1 N–H and O–H groups in total. The van der Waals surface area contributed by atoms with Gasteiger partial charge in [-0.15, -0.1) is 0 Å². The molecule has 0 saturated carbocycles. The number of benzene rings is 1.